The number of aromatic nitrogens is 1. The van der Waals surface area contributed by atoms with Gasteiger partial charge in [-0.05, 0) is 44.4 Å². The van der Waals surface area contributed by atoms with Crippen molar-refractivity contribution in [3.05, 3.63) is 65.4 Å². The molecule has 174 valence electrons. The number of carbonyl (C=O) groups is 3. The fraction of sp³-hybridized carbons (Fsp3) is 0.370. The summed E-state index contributed by atoms with van der Waals surface area (Å²) in [4.78, 5) is 45.9. The smallest absolute Gasteiger partial charge is 0.250 e. The Morgan fingerprint density at radius 2 is 1.88 bits per heavy atom. The topological polar surface area (TPSA) is 94.3 Å². The zero-order valence-corrected chi connectivity index (χ0v) is 19.5. The first-order valence-corrected chi connectivity index (χ1v) is 12.0. The molecule has 3 aliphatic rings. The Hall–Kier alpha value is -3.45. The lowest BCUT2D eigenvalue weighted by atomic mass is 9.76. The summed E-state index contributed by atoms with van der Waals surface area (Å²) in [5, 5.41) is 7.62. The minimum absolute atomic E-state index is 0.174. The molecular weight excluding hydrogens is 428 g/mol. The number of aromatic amines is 1. The summed E-state index contributed by atoms with van der Waals surface area (Å²) < 4.78 is 0. The molecule has 0 aliphatic carbocycles. The summed E-state index contributed by atoms with van der Waals surface area (Å²) in [6.07, 6.45) is 3.17. The molecule has 5 atom stereocenters. The van der Waals surface area contributed by atoms with Crippen molar-refractivity contribution in [2.75, 3.05) is 5.32 Å². The molecule has 7 heteroatoms. The van der Waals surface area contributed by atoms with Crippen molar-refractivity contribution in [2.24, 2.45) is 11.8 Å². The summed E-state index contributed by atoms with van der Waals surface area (Å²) in [6, 6.07) is 13.3. The molecule has 34 heavy (non-hydrogen) atoms. The number of benzene rings is 2. The SMILES string of the molecule is CC[C@H](C)N1C(=O)[C@H]2[C@@H](C1=O)[C@@]1(N[C@@H]2Cc2c[nH]c3ccccc23)C(=O)Nc2ccc(C)cc21. The summed E-state index contributed by atoms with van der Waals surface area (Å²) in [5.74, 6) is -2.05. The molecule has 3 aromatic rings. The van der Waals surface area contributed by atoms with Crippen LogP contribution in [0.25, 0.3) is 10.9 Å². The molecule has 0 bridgehead atoms. The number of imide groups is 1. The number of carbonyl (C=O) groups excluding carboxylic acids is 3. The second-order valence-corrected chi connectivity index (χ2v) is 9.93. The quantitative estimate of drug-likeness (QED) is 0.526. The molecule has 0 radical (unpaired) electrons. The molecule has 3 N–H and O–H groups in total. The number of fused-ring (bicyclic) bond motifs is 5. The second-order valence-electron chi connectivity index (χ2n) is 9.93. The molecule has 3 amide bonds. The van der Waals surface area contributed by atoms with Crippen LogP contribution in [0.4, 0.5) is 5.69 Å². The standard InChI is InChI=1S/C27H28N4O3/c1-4-15(3)31-24(32)22-21(12-16-13-28-19-8-6-5-7-17(16)19)30-27(23(22)25(31)33)18-11-14(2)9-10-20(18)29-26(27)34/h5-11,13,15,21-23,28,30H,4,12H2,1-3H3,(H,29,34)/t15-,21+,22+,23-,27+/m0/s1. The van der Waals surface area contributed by atoms with E-state index in [-0.39, 0.29) is 29.8 Å². The maximum absolute atomic E-state index is 13.8. The fourth-order valence-electron chi connectivity index (χ4n) is 6.27. The van der Waals surface area contributed by atoms with Crippen molar-refractivity contribution in [3.8, 4) is 0 Å². The fourth-order valence-corrected chi connectivity index (χ4v) is 6.27. The number of amides is 3. The van der Waals surface area contributed by atoms with Crippen LogP contribution in [0.15, 0.2) is 48.7 Å². The van der Waals surface area contributed by atoms with Crippen molar-refractivity contribution in [1.82, 2.24) is 15.2 Å². The highest BCUT2D eigenvalue weighted by Crippen LogP contribution is 2.54. The van der Waals surface area contributed by atoms with Gasteiger partial charge in [-0.2, -0.15) is 0 Å². The third-order valence-corrected chi connectivity index (χ3v) is 8.05. The lowest BCUT2D eigenvalue weighted by Crippen LogP contribution is -2.54. The van der Waals surface area contributed by atoms with Crippen LogP contribution < -0.4 is 10.6 Å². The van der Waals surface area contributed by atoms with Crippen LogP contribution in [0.3, 0.4) is 0 Å². The molecule has 2 fully saturated rings. The lowest BCUT2D eigenvalue weighted by molar-refractivity contribution is -0.145. The summed E-state index contributed by atoms with van der Waals surface area (Å²) in [6.45, 7) is 5.84. The highest BCUT2D eigenvalue weighted by Gasteiger charge is 2.70. The number of H-pyrrole nitrogens is 1. The molecule has 3 aliphatic heterocycles. The molecule has 0 unspecified atom stereocenters. The van der Waals surface area contributed by atoms with E-state index < -0.39 is 17.4 Å². The van der Waals surface area contributed by atoms with Gasteiger partial charge in [-0.25, -0.2) is 0 Å². The van der Waals surface area contributed by atoms with Crippen LogP contribution >= 0.6 is 0 Å². The van der Waals surface area contributed by atoms with Crippen molar-refractivity contribution in [3.63, 3.8) is 0 Å². The van der Waals surface area contributed by atoms with Gasteiger partial charge in [0.2, 0.25) is 17.7 Å². The van der Waals surface area contributed by atoms with E-state index in [9.17, 15) is 14.4 Å². The van der Waals surface area contributed by atoms with Gasteiger partial charge in [0.15, 0.2) is 0 Å². The first kappa shape index (κ1) is 21.1. The number of nitrogens with zero attached hydrogens (tertiary/aromatic N) is 1. The summed E-state index contributed by atoms with van der Waals surface area (Å²) in [7, 11) is 0. The van der Waals surface area contributed by atoms with E-state index in [1.807, 2.05) is 63.4 Å². The third-order valence-electron chi connectivity index (χ3n) is 8.05. The molecule has 4 heterocycles. The Bertz CT molecular complexity index is 1360. The first-order chi connectivity index (χ1) is 16.4. The Morgan fingerprint density at radius 1 is 1.09 bits per heavy atom. The molecule has 7 nitrogen and oxygen atoms in total. The van der Waals surface area contributed by atoms with Crippen LogP contribution in [0, 0.1) is 18.8 Å². The Morgan fingerprint density at radius 3 is 2.68 bits per heavy atom. The summed E-state index contributed by atoms with van der Waals surface area (Å²) in [5.41, 5.74) is 3.31. The van der Waals surface area contributed by atoms with E-state index in [1.165, 1.54) is 4.90 Å². The molecular formula is C27H28N4O3. The number of hydrogen-bond donors (Lipinski definition) is 3. The summed E-state index contributed by atoms with van der Waals surface area (Å²) >= 11 is 0. The van der Waals surface area contributed by atoms with Crippen molar-refractivity contribution in [2.45, 2.75) is 51.2 Å². The van der Waals surface area contributed by atoms with E-state index in [1.54, 1.807) is 0 Å². The molecule has 1 spiro atoms. The first-order valence-electron chi connectivity index (χ1n) is 12.0. The van der Waals surface area contributed by atoms with Gasteiger partial charge in [-0.1, -0.05) is 42.8 Å². The van der Waals surface area contributed by atoms with E-state index in [0.29, 0.717) is 18.5 Å². The van der Waals surface area contributed by atoms with E-state index in [0.717, 1.165) is 27.6 Å². The van der Waals surface area contributed by atoms with Crippen molar-refractivity contribution >= 4 is 34.3 Å². The largest absolute Gasteiger partial charge is 0.361 e. The normalized spacial score (nSPS) is 28.6. The van der Waals surface area contributed by atoms with E-state index >= 15 is 0 Å². The van der Waals surface area contributed by atoms with E-state index in [4.69, 9.17) is 0 Å². The maximum atomic E-state index is 13.8. The number of para-hydroxylation sites is 1. The van der Waals surface area contributed by atoms with Crippen LogP contribution in [-0.4, -0.2) is 39.7 Å². The van der Waals surface area contributed by atoms with Gasteiger partial charge >= 0.3 is 0 Å². The number of hydrogen-bond acceptors (Lipinski definition) is 4. The zero-order valence-electron chi connectivity index (χ0n) is 19.5. The lowest BCUT2D eigenvalue weighted by Gasteiger charge is -2.31. The predicted molar refractivity (Wildman–Crippen MR) is 129 cm³/mol. The number of likely N-dealkylation sites (tertiary alicyclic amines) is 1. The molecule has 2 saturated heterocycles. The average Bonchev–Trinajstić information content (AvgIpc) is 3.53. The third kappa shape index (κ3) is 2.64. The van der Waals surface area contributed by atoms with E-state index in [2.05, 4.69) is 21.7 Å². The zero-order chi connectivity index (χ0) is 23.8. The number of aryl methyl sites for hydroxylation is 1. The number of anilines is 1. The highest BCUT2D eigenvalue weighted by molar-refractivity contribution is 6.15. The van der Waals surface area contributed by atoms with Crippen LogP contribution in [-0.2, 0) is 26.3 Å². The van der Waals surface area contributed by atoms with Crippen molar-refractivity contribution in [1.29, 1.82) is 0 Å². The van der Waals surface area contributed by atoms with Gasteiger partial charge < -0.3 is 10.3 Å². The van der Waals surface area contributed by atoms with Gasteiger partial charge in [0, 0.05) is 40.4 Å². The van der Waals surface area contributed by atoms with Gasteiger partial charge in [-0.3, -0.25) is 24.6 Å². The maximum Gasteiger partial charge on any atom is 0.250 e. The number of rotatable bonds is 4. The van der Waals surface area contributed by atoms with Crippen LogP contribution in [0.1, 0.15) is 37.0 Å². The Labute approximate surface area is 197 Å². The minimum Gasteiger partial charge on any atom is -0.361 e. The van der Waals surface area contributed by atoms with Gasteiger partial charge in [0.05, 0.1) is 11.8 Å². The minimum atomic E-state index is -1.25. The molecule has 2 aromatic carbocycles. The van der Waals surface area contributed by atoms with Crippen molar-refractivity contribution < 1.29 is 14.4 Å². The van der Waals surface area contributed by atoms with Gasteiger partial charge in [0.25, 0.3) is 0 Å². The van der Waals surface area contributed by atoms with Crippen LogP contribution in [0.5, 0.6) is 0 Å². The Balaban J connectivity index is 1.50. The Kier molecular flexibility index (Phi) is 4.51. The average molecular weight is 457 g/mol. The van der Waals surface area contributed by atoms with Gasteiger partial charge in [-0.15, -0.1) is 0 Å². The predicted octanol–water partition coefficient (Wildman–Crippen LogP) is 3.24. The molecule has 0 saturated carbocycles. The molecule has 6 rings (SSSR count). The molecule has 1 aromatic heterocycles. The van der Waals surface area contributed by atoms with Crippen LogP contribution in [0.2, 0.25) is 0 Å². The number of nitrogens with one attached hydrogen (secondary N) is 3. The van der Waals surface area contributed by atoms with Gasteiger partial charge in [0.1, 0.15) is 5.54 Å². The monoisotopic (exact) mass is 456 g/mol. The second kappa shape index (κ2) is 7.27. The highest BCUT2D eigenvalue weighted by atomic mass is 16.2.